The van der Waals surface area contributed by atoms with Crippen molar-refractivity contribution in [3.63, 3.8) is 0 Å². The summed E-state index contributed by atoms with van der Waals surface area (Å²) in [6.07, 6.45) is 0. The van der Waals surface area contributed by atoms with Crippen LogP contribution in [-0.2, 0) is 14.8 Å². The minimum absolute atomic E-state index is 0.188. The minimum atomic E-state index is -3.88. The van der Waals surface area contributed by atoms with Gasteiger partial charge in [0, 0.05) is 10.8 Å². The van der Waals surface area contributed by atoms with E-state index < -0.39 is 16.0 Å². The van der Waals surface area contributed by atoms with Crippen molar-refractivity contribution >= 4 is 37.8 Å². The number of carbonyl (C=O) groups excluding carboxylic acids is 1. The quantitative estimate of drug-likeness (QED) is 0.476. The van der Waals surface area contributed by atoms with Gasteiger partial charge < -0.3 is 4.74 Å². The molecular formula is C22H20N2O4S. The lowest BCUT2D eigenvalue weighted by molar-refractivity contribution is 0.0593. The number of pyridine rings is 1. The summed E-state index contributed by atoms with van der Waals surface area (Å²) in [6, 6.07) is 14.0. The Morgan fingerprint density at radius 3 is 2.31 bits per heavy atom. The van der Waals surface area contributed by atoms with Crippen LogP contribution in [0.25, 0.3) is 21.8 Å². The predicted molar refractivity (Wildman–Crippen MR) is 112 cm³/mol. The first kappa shape index (κ1) is 19.1. The lowest BCUT2D eigenvalue weighted by Gasteiger charge is -2.12. The number of esters is 1. The number of aromatic nitrogens is 2. The summed E-state index contributed by atoms with van der Waals surface area (Å²) in [5.74, 6) is -0.550. The molecule has 6 nitrogen and oxygen atoms in total. The molecule has 0 saturated heterocycles. The zero-order valence-electron chi connectivity index (χ0n) is 16.6. The monoisotopic (exact) mass is 408 g/mol. The molecule has 4 aromatic rings. The SMILES string of the molecule is COC(=O)c1nc(C)c2c(c1C)c1ccccc1n2S(=O)(=O)c1ccc(C)cc1. The standard InChI is InChI=1S/C22H20N2O4S/c1-13-9-11-16(12-10-13)29(26,27)24-18-8-6-5-7-17(18)19-14(2)20(22(25)28-4)23-15(3)21(19)24/h5-12H,1-4H3. The van der Waals surface area contributed by atoms with Crippen molar-refractivity contribution < 1.29 is 17.9 Å². The van der Waals surface area contributed by atoms with E-state index in [1.165, 1.54) is 11.1 Å². The Morgan fingerprint density at radius 2 is 1.66 bits per heavy atom. The molecule has 0 unspecified atom stereocenters. The second-order valence-electron chi connectivity index (χ2n) is 6.99. The highest BCUT2D eigenvalue weighted by Gasteiger charge is 2.27. The minimum Gasteiger partial charge on any atom is -0.464 e. The summed E-state index contributed by atoms with van der Waals surface area (Å²) < 4.78 is 33.4. The molecule has 148 valence electrons. The Morgan fingerprint density at radius 1 is 1.00 bits per heavy atom. The Balaban J connectivity index is 2.19. The molecular weight excluding hydrogens is 388 g/mol. The second-order valence-corrected chi connectivity index (χ2v) is 8.77. The van der Waals surface area contributed by atoms with Crippen molar-refractivity contribution in [3.05, 3.63) is 71.0 Å². The van der Waals surface area contributed by atoms with E-state index in [0.29, 0.717) is 27.7 Å². The third kappa shape index (κ3) is 2.81. The van der Waals surface area contributed by atoms with Gasteiger partial charge in [-0.1, -0.05) is 35.9 Å². The number of methoxy groups -OCH3 is 1. The van der Waals surface area contributed by atoms with E-state index in [1.54, 1.807) is 50.2 Å². The Labute approximate surface area is 168 Å². The summed E-state index contributed by atoms with van der Waals surface area (Å²) in [4.78, 5) is 16.8. The zero-order valence-corrected chi connectivity index (χ0v) is 17.4. The van der Waals surface area contributed by atoms with Gasteiger partial charge in [0.05, 0.1) is 28.7 Å². The van der Waals surface area contributed by atoms with Crippen LogP contribution in [0.3, 0.4) is 0 Å². The molecule has 2 aromatic heterocycles. The van der Waals surface area contributed by atoms with Crippen LogP contribution in [0.15, 0.2) is 53.4 Å². The number of benzene rings is 2. The first-order chi connectivity index (χ1) is 13.8. The van der Waals surface area contributed by atoms with Gasteiger partial charge in [-0.25, -0.2) is 22.2 Å². The number of carbonyl (C=O) groups is 1. The molecule has 29 heavy (non-hydrogen) atoms. The highest BCUT2D eigenvalue weighted by Crippen LogP contribution is 2.36. The Bertz CT molecular complexity index is 1380. The zero-order chi connectivity index (χ0) is 20.9. The van der Waals surface area contributed by atoms with Gasteiger partial charge in [0.2, 0.25) is 0 Å². The molecule has 0 aliphatic heterocycles. The molecule has 0 radical (unpaired) electrons. The molecule has 7 heteroatoms. The van der Waals surface area contributed by atoms with Crippen LogP contribution in [0.2, 0.25) is 0 Å². The summed E-state index contributed by atoms with van der Waals surface area (Å²) >= 11 is 0. The Hall–Kier alpha value is -3.19. The third-order valence-electron chi connectivity index (χ3n) is 5.12. The second kappa shape index (κ2) is 6.70. The van der Waals surface area contributed by atoms with Gasteiger partial charge in [0.1, 0.15) is 0 Å². The number of rotatable bonds is 3. The number of aryl methyl sites for hydroxylation is 3. The van der Waals surface area contributed by atoms with Crippen LogP contribution in [0.4, 0.5) is 0 Å². The van der Waals surface area contributed by atoms with Crippen molar-refractivity contribution in [1.82, 2.24) is 8.96 Å². The predicted octanol–water partition coefficient (Wildman–Crippen LogP) is 4.14. The van der Waals surface area contributed by atoms with Gasteiger partial charge in [-0.3, -0.25) is 0 Å². The average Bonchev–Trinajstić information content (AvgIpc) is 3.07. The molecule has 2 heterocycles. The molecule has 0 spiro atoms. The number of nitrogens with zero attached hydrogens (tertiary/aromatic N) is 2. The number of fused-ring (bicyclic) bond motifs is 3. The molecule has 0 bridgehead atoms. The highest BCUT2D eigenvalue weighted by molar-refractivity contribution is 7.90. The van der Waals surface area contributed by atoms with Crippen LogP contribution >= 0.6 is 0 Å². The fraction of sp³-hybridized carbons (Fsp3) is 0.182. The highest BCUT2D eigenvalue weighted by atomic mass is 32.2. The van der Waals surface area contributed by atoms with E-state index in [1.807, 2.05) is 19.1 Å². The topological polar surface area (TPSA) is 78.3 Å². The van der Waals surface area contributed by atoms with Crippen LogP contribution in [0, 0.1) is 20.8 Å². The van der Waals surface area contributed by atoms with E-state index in [2.05, 4.69) is 4.98 Å². The molecule has 4 rings (SSSR count). The van der Waals surface area contributed by atoms with Gasteiger partial charge in [-0.05, 0) is 44.5 Å². The van der Waals surface area contributed by atoms with Crippen molar-refractivity contribution in [2.45, 2.75) is 25.7 Å². The fourth-order valence-corrected chi connectivity index (χ4v) is 5.28. The van der Waals surface area contributed by atoms with Gasteiger partial charge >= 0.3 is 5.97 Å². The molecule has 0 N–H and O–H groups in total. The van der Waals surface area contributed by atoms with Crippen LogP contribution in [0.1, 0.15) is 27.3 Å². The number of hydrogen-bond donors (Lipinski definition) is 0. The smallest absolute Gasteiger partial charge is 0.356 e. The maximum Gasteiger partial charge on any atom is 0.356 e. The van der Waals surface area contributed by atoms with E-state index in [4.69, 9.17) is 4.74 Å². The summed E-state index contributed by atoms with van der Waals surface area (Å²) in [5.41, 5.74) is 3.20. The maximum atomic E-state index is 13.6. The number of hydrogen-bond acceptors (Lipinski definition) is 5. The van der Waals surface area contributed by atoms with Crippen molar-refractivity contribution in [2.24, 2.45) is 0 Å². The largest absolute Gasteiger partial charge is 0.464 e. The van der Waals surface area contributed by atoms with Gasteiger partial charge in [-0.2, -0.15) is 0 Å². The first-order valence-corrected chi connectivity index (χ1v) is 10.5. The van der Waals surface area contributed by atoms with Crippen molar-refractivity contribution in [3.8, 4) is 0 Å². The maximum absolute atomic E-state index is 13.6. The average molecular weight is 408 g/mol. The summed E-state index contributed by atoms with van der Waals surface area (Å²) in [7, 11) is -2.58. The van der Waals surface area contributed by atoms with Crippen LogP contribution in [-0.4, -0.2) is 30.5 Å². The van der Waals surface area contributed by atoms with Gasteiger partial charge in [0.15, 0.2) is 5.69 Å². The molecule has 0 atom stereocenters. The molecule has 2 aromatic carbocycles. The van der Waals surface area contributed by atoms with E-state index in [0.717, 1.165) is 10.9 Å². The van der Waals surface area contributed by atoms with Crippen LogP contribution in [0.5, 0.6) is 0 Å². The molecule has 0 saturated carbocycles. The molecule has 0 aliphatic rings. The van der Waals surface area contributed by atoms with Crippen molar-refractivity contribution in [2.75, 3.05) is 7.11 Å². The van der Waals surface area contributed by atoms with E-state index in [-0.39, 0.29) is 10.6 Å². The number of para-hydroxylation sites is 1. The molecule has 0 fully saturated rings. The van der Waals surface area contributed by atoms with Crippen molar-refractivity contribution in [1.29, 1.82) is 0 Å². The molecule has 0 amide bonds. The lowest BCUT2D eigenvalue weighted by atomic mass is 10.1. The van der Waals surface area contributed by atoms with E-state index in [9.17, 15) is 13.2 Å². The fourth-order valence-electron chi connectivity index (χ4n) is 3.70. The van der Waals surface area contributed by atoms with Gasteiger partial charge in [0.25, 0.3) is 10.0 Å². The Kier molecular flexibility index (Phi) is 4.42. The van der Waals surface area contributed by atoms with Crippen LogP contribution < -0.4 is 0 Å². The first-order valence-electron chi connectivity index (χ1n) is 9.08. The van der Waals surface area contributed by atoms with Gasteiger partial charge in [-0.15, -0.1) is 0 Å². The summed E-state index contributed by atoms with van der Waals surface area (Å²) in [5, 5.41) is 1.43. The summed E-state index contributed by atoms with van der Waals surface area (Å²) in [6.45, 7) is 5.37. The van der Waals surface area contributed by atoms with E-state index >= 15 is 0 Å². The molecule has 0 aliphatic carbocycles. The normalized spacial score (nSPS) is 11.9. The lowest BCUT2D eigenvalue weighted by Crippen LogP contribution is -2.15. The third-order valence-corrected chi connectivity index (χ3v) is 6.85. The number of ether oxygens (including phenoxy) is 1.